The molecule has 1 atom stereocenters. The average Bonchev–Trinajstić information content (AvgIpc) is 2.53. The number of rotatable bonds is 3. The second-order valence-electron chi connectivity index (χ2n) is 6.22. The van der Waals surface area contributed by atoms with Crippen molar-refractivity contribution < 1.29 is 5.11 Å². The van der Waals surface area contributed by atoms with Gasteiger partial charge in [-0.15, -0.1) is 0 Å². The minimum absolute atomic E-state index is 0.0944. The molecule has 4 N–H and O–H groups in total. The lowest BCUT2D eigenvalue weighted by atomic mass is 9.93. The predicted molar refractivity (Wildman–Crippen MR) is 83.9 cm³/mol. The lowest BCUT2D eigenvalue weighted by Gasteiger charge is -2.34. The number of nitrogens with one attached hydrogen (secondary N) is 1. The van der Waals surface area contributed by atoms with Crippen molar-refractivity contribution in [1.29, 1.82) is 5.41 Å². The average molecular weight is 288 g/mol. The van der Waals surface area contributed by atoms with Gasteiger partial charge in [0.1, 0.15) is 11.7 Å². The van der Waals surface area contributed by atoms with E-state index in [1.54, 1.807) is 0 Å². The Labute approximate surface area is 125 Å². The predicted octanol–water partition coefficient (Wildman–Crippen LogP) is 1.45. The van der Waals surface area contributed by atoms with Crippen LogP contribution < -0.4 is 10.6 Å². The third-order valence-electron chi connectivity index (χ3n) is 4.65. The van der Waals surface area contributed by atoms with Crippen LogP contribution in [0.3, 0.4) is 0 Å². The van der Waals surface area contributed by atoms with Gasteiger partial charge in [0.2, 0.25) is 0 Å². The highest BCUT2D eigenvalue weighted by Crippen LogP contribution is 2.29. The molecule has 0 amide bonds. The Morgan fingerprint density at radius 1 is 1.38 bits per heavy atom. The van der Waals surface area contributed by atoms with E-state index < -0.39 is 0 Å². The van der Waals surface area contributed by atoms with Crippen LogP contribution in [0.5, 0.6) is 0 Å². The van der Waals surface area contributed by atoms with Crippen molar-refractivity contribution in [1.82, 2.24) is 4.98 Å². The van der Waals surface area contributed by atoms with E-state index >= 15 is 0 Å². The summed E-state index contributed by atoms with van der Waals surface area (Å²) < 4.78 is 0. The number of anilines is 1. The SMILES string of the molecule is N=C(N)c1cc2c(nc1N1CCCC(CO)C1)CCCC2. The molecule has 1 aliphatic heterocycles. The topological polar surface area (TPSA) is 86.2 Å². The zero-order valence-corrected chi connectivity index (χ0v) is 12.4. The molecular formula is C16H24N4O. The maximum Gasteiger partial charge on any atom is 0.139 e. The second kappa shape index (κ2) is 6.02. The number of hydrogen-bond acceptors (Lipinski definition) is 4. The summed E-state index contributed by atoms with van der Waals surface area (Å²) in [7, 11) is 0. The number of aromatic nitrogens is 1. The van der Waals surface area contributed by atoms with Crippen LogP contribution in [0.15, 0.2) is 6.07 Å². The zero-order chi connectivity index (χ0) is 14.8. The van der Waals surface area contributed by atoms with E-state index in [9.17, 15) is 5.11 Å². The van der Waals surface area contributed by atoms with Gasteiger partial charge in [0.05, 0.1) is 5.56 Å². The summed E-state index contributed by atoms with van der Waals surface area (Å²) >= 11 is 0. The van der Waals surface area contributed by atoms with E-state index in [0.29, 0.717) is 5.92 Å². The number of hydrogen-bond donors (Lipinski definition) is 3. The number of piperidine rings is 1. The second-order valence-corrected chi connectivity index (χ2v) is 6.22. The van der Waals surface area contributed by atoms with Gasteiger partial charge in [-0.2, -0.15) is 0 Å². The molecule has 2 heterocycles. The van der Waals surface area contributed by atoms with Crippen molar-refractivity contribution in [2.24, 2.45) is 11.7 Å². The van der Waals surface area contributed by atoms with Gasteiger partial charge in [-0.3, -0.25) is 5.41 Å². The van der Waals surface area contributed by atoms with Crippen molar-refractivity contribution >= 4 is 11.7 Å². The van der Waals surface area contributed by atoms with Gasteiger partial charge in [-0.1, -0.05) is 0 Å². The van der Waals surface area contributed by atoms with Crippen LogP contribution in [0.2, 0.25) is 0 Å². The first-order valence-electron chi connectivity index (χ1n) is 7.92. The fourth-order valence-corrected chi connectivity index (χ4v) is 3.47. The van der Waals surface area contributed by atoms with Crippen molar-refractivity contribution in [3.8, 4) is 0 Å². The normalized spacial score (nSPS) is 22.0. The molecule has 0 saturated carbocycles. The van der Waals surface area contributed by atoms with Gasteiger partial charge in [-0.25, -0.2) is 4.98 Å². The number of nitrogen functional groups attached to an aromatic ring is 1. The van der Waals surface area contributed by atoms with Gasteiger partial charge in [-0.05, 0) is 56.1 Å². The standard InChI is InChI=1S/C16H24N4O/c17-15(18)13-8-12-5-1-2-6-14(12)19-16(13)20-7-3-4-11(9-20)10-21/h8,11,21H,1-7,9-10H2,(H3,17,18). The fourth-order valence-electron chi connectivity index (χ4n) is 3.47. The molecule has 0 bridgehead atoms. The zero-order valence-electron chi connectivity index (χ0n) is 12.4. The Morgan fingerprint density at radius 3 is 2.95 bits per heavy atom. The number of pyridine rings is 1. The Morgan fingerprint density at radius 2 is 2.19 bits per heavy atom. The number of nitrogens with two attached hydrogens (primary N) is 1. The van der Waals surface area contributed by atoms with Crippen LogP contribution >= 0.6 is 0 Å². The molecule has 1 fully saturated rings. The van der Waals surface area contributed by atoms with Gasteiger partial charge in [0, 0.05) is 25.4 Å². The summed E-state index contributed by atoms with van der Waals surface area (Å²) in [6.07, 6.45) is 6.58. The maximum absolute atomic E-state index is 9.41. The smallest absolute Gasteiger partial charge is 0.139 e. The maximum atomic E-state index is 9.41. The van der Waals surface area contributed by atoms with E-state index in [1.807, 2.05) is 0 Å². The molecule has 21 heavy (non-hydrogen) atoms. The van der Waals surface area contributed by atoms with Crippen molar-refractivity contribution in [3.05, 3.63) is 22.9 Å². The minimum Gasteiger partial charge on any atom is -0.396 e. The monoisotopic (exact) mass is 288 g/mol. The molecule has 1 unspecified atom stereocenters. The fraction of sp³-hybridized carbons (Fsp3) is 0.625. The Kier molecular flexibility index (Phi) is 4.10. The largest absolute Gasteiger partial charge is 0.396 e. The van der Waals surface area contributed by atoms with Gasteiger partial charge in [0.25, 0.3) is 0 Å². The van der Waals surface area contributed by atoms with E-state index in [2.05, 4.69) is 11.0 Å². The quantitative estimate of drug-likeness (QED) is 0.580. The number of nitrogens with zero attached hydrogens (tertiary/aromatic N) is 2. The highest BCUT2D eigenvalue weighted by atomic mass is 16.3. The van der Waals surface area contributed by atoms with E-state index in [4.69, 9.17) is 16.1 Å². The Hall–Kier alpha value is -1.62. The van der Waals surface area contributed by atoms with Crippen LogP contribution in [-0.4, -0.2) is 35.6 Å². The van der Waals surface area contributed by atoms with E-state index in [1.165, 1.54) is 24.1 Å². The molecule has 1 aromatic heterocycles. The highest BCUT2D eigenvalue weighted by molar-refractivity contribution is 5.99. The number of aliphatic hydroxyl groups is 1. The van der Waals surface area contributed by atoms with Crippen LogP contribution in [0, 0.1) is 11.3 Å². The van der Waals surface area contributed by atoms with E-state index in [0.717, 1.165) is 50.2 Å². The lowest BCUT2D eigenvalue weighted by Crippen LogP contribution is -2.39. The molecule has 5 nitrogen and oxygen atoms in total. The first-order chi connectivity index (χ1) is 10.2. The lowest BCUT2D eigenvalue weighted by molar-refractivity contribution is 0.208. The summed E-state index contributed by atoms with van der Waals surface area (Å²) in [4.78, 5) is 7.05. The molecule has 1 aliphatic carbocycles. The van der Waals surface area contributed by atoms with Gasteiger partial charge in [0.15, 0.2) is 0 Å². The Balaban J connectivity index is 1.97. The molecule has 1 aromatic rings. The molecule has 2 aliphatic rings. The number of aryl methyl sites for hydroxylation is 2. The van der Waals surface area contributed by atoms with Crippen molar-refractivity contribution in [2.45, 2.75) is 38.5 Å². The molecule has 5 heteroatoms. The third-order valence-corrected chi connectivity index (χ3v) is 4.65. The molecule has 0 radical (unpaired) electrons. The number of fused-ring (bicyclic) bond motifs is 1. The van der Waals surface area contributed by atoms with Crippen LogP contribution in [0.25, 0.3) is 0 Å². The van der Waals surface area contributed by atoms with Crippen molar-refractivity contribution in [3.63, 3.8) is 0 Å². The van der Waals surface area contributed by atoms with Crippen molar-refractivity contribution in [2.75, 3.05) is 24.6 Å². The molecule has 114 valence electrons. The van der Waals surface area contributed by atoms with Gasteiger partial charge >= 0.3 is 0 Å². The first-order valence-corrected chi connectivity index (χ1v) is 7.92. The Bertz CT molecular complexity index is 543. The van der Waals surface area contributed by atoms with E-state index in [-0.39, 0.29) is 12.4 Å². The highest BCUT2D eigenvalue weighted by Gasteiger charge is 2.25. The van der Waals surface area contributed by atoms with Gasteiger partial charge < -0.3 is 15.7 Å². The number of amidine groups is 1. The minimum atomic E-state index is 0.0944. The summed E-state index contributed by atoms with van der Waals surface area (Å²) in [5, 5.41) is 17.3. The summed E-state index contributed by atoms with van der Waals surface area (Å²) in [6, 6.07) is 2.07. The van der Waals surface area contributed by atoms with Crippen LogP contribution in [-0.2, 0) is 12.8 Å². The van der Waals surface area contributed by atoms with Crippen LogP contribution in [0.4, 0.5) is 5.82 Å². The molecular weight excluding hydrogens is 264 g/mol. The van der Waals surface area contributed by atoms with Crippen LogP contribution in [0.1, 0.15) is 42.5 Å². The molecule has 0 spiro atoms. The third kappa shape index (κ3) is 2.88. The number of aliphatic hydroxyl groups excluding tert-OH is 1. The molecule has 1 saturated heterocycles. The first kappa shape index (κ1) is 14.3. The summed E-state index contributed by atoms with van der Waals surface area (Å²) in [6.45, 7) is 1.96. The molecule has 0 aromatic carbocycles. The summed E-state index contributed by atoms with van der Waals surface area (Å²) in [5.74, 6) is 1.25. The molecule has 3 rings (SSSR count). The summed E-state index contributed by atoms with van der Waals surface area (Å²) in [5.41, 5.74) is 8.98.